The molecule has 0 spiro atoms. The molecule has 3 heteroatoms. The maximum absolute atomic E-state index is 12.1. The Bertz CT molecular complexity index is 352. The minimum absolute atomic E-state index is 0.170. The molecule has 1 saturated carbocycles. The molecule has 1 atom stereocenters. The van der Waals surface area contributed by atoms with Crippen molar-refractivity contribution in [1.82, 2.24) is 0 Å². The molecule has 0 saturated heterocycles. The number of hydrogen-bond acceptors (Lipinski definition) is 3. The third-order valence-corrected chi connectivity index (χ3v) is 3.53. The van der Waals surface area contributed by atoms with Crippen LogP contribution >= 0.6 is 11.3 Å². The van der Waals surface area contributed by atoms with Gasteiger partial charge in [0.15, 0.2) is 5.78 Å². The van der Waals surface area contributed by atoms with Crippen molar-refractivity contribution in [3.63, 3.8) is 0 Å². The van der Waals surface area contributed by atoms with Gasteiger partial charge in [-0.05, 0) is 38.7 Å². The zero-order valence-electron chi connectivity index (χ0n) is 9.16. The summed E-state index contributed by atoms with van der Waals surface area (Å²) in [5.74, 6) is 0.640. The van der Waals surface area contributed by atoms with E-state index in [-0.39, 0.29) is 11.9 Å². The highest BCUT2D eigenvalue weighted by molar-refractivity contribution is 7.10. The normalized spacial score (nSPS) is 17.7. The van der Waals surface area contributed by atoms with E-state index in [2.05, 4.69) is 0 Å². The van der Waals surface area contributed by atoms with Crippen molar-refractivity contribution in [1.29, 1.82) is 0 Å². The van der Waals surface area contributed by atoms with Gasteiger partial charge in [-0.25, -0.2) is 0 Å². The smallest absolute Gasteiger partial charge is 0.192 e. The Balaban J connectivity index is 2.10. The van der Waals surface area contributed by atoms with Gasteiger partial charge in [-0.15, -0.1) is 11.3 Å². The maximum atomic E-state index is 12.1. The largest absolute Gasteiger partial charge is 0.370 e. The first-order valence-corrected chi connectivity index (χ1v) is 6.31. The first-order valence-electron chi connectivity index (χ1n) is 5.43. The van der Waals surface area contributed by atoms with E-state index in [9.17, 15) is 4.79 Å². The minimum atomic E-state index is -0.191. The third kappa shape index (κ3) is 2.47. The van der Waals surface area contributed by atoms with Gasteiger partial charge in [0.25, 0.3) is 0 Å². The summed E-state index contributed by atoms with van der Waals surface area (Å²) in [6.45, 7) is 4.59. The van der Waals surface area contributed by atoms with Crippen LogP contribution in [0.25, 0.3) is 0 Å². The predicted octanol–water partition coefficient (Wildman–Crippen LogP) is 3.05. The molecule has 1 unspecified atom stereocenters. The number of Topliss-reactive ketones (excluding diaryl/α,β-unsaturated/α-hetero) is 1. The number of thiophene rings is 1. The van der Waals surface area contributed by atoms with E-state index in [0.717, 1.165) is 18.4 Å². The molecule has 15 heavy (non-hydrogen) atoms. The van der Waals surface area contributed by atoms with E-state index in [1.54, 1.807) is 11.3 Å². The second-order valence-corrected chi connectivity index (χ2v) is 5.14. The number of ether oxygens (including phenoxy) is 1. The van der Waals surface area contributed by atoms with Crippen LogP contribution in [-0.2, 0) is 4.74 Å². The number of carbonyl (C=O) groups excluding carboxylic acids is 1. The van der Waals surface area contributed by atoms with Gasteiger partial charge in [0.1, 0.15) is 6.10 Å². The van der Waals surface area contributed by atoms with Crippen LogP contribution in [0.15, 0.2) is 11.4 Å². The first kappa shape index (κ1) is 10.8. The number of hydrogen-bond donors (Lipinski definition) is 0. The standard InChI is InChI=1S/C12H16O2S/c1-3-14-12(9-4-5-9)11(13)10-6-8(2)15-7-10/h6-7,9,12H,3-5H2,1-2H3. The fraction of sp³-hybridized carbons (Fsp3) is 0.583. The zero-order chi connectivity index (χ0) is 10.8. The molecule has 1 heterocycles. The second kappa shape index (κ2) is 4.45. The van der Waals surface area contributed by atoms with Gasteiger partial charge in [-0.3, -0.25) is 4.79 Å². The van der Waals surface area contributed by atoms with Crippen molar-refractivity contribution in [2.75, 3.05) is 6.61 Å². The van der Waals surface area contributed by atoms with E-state index in [0.29, 0.717) is 12.5 Å². The van der Waals surface area contributed by atoms with Crippen LogP contribution in [0, 0.1) is 12.8 Å². The lowest BCUT2D eigenvalue weighted by Crippen LogP contribution is -2.26. The van der Waals surface area contributed by atoms with E-state index in [1.807, 2.05) is 25.3 Å². The average molecular weight is 224 g/mol. The monoisotopic (exact) mass is 224 g/mol. The van der Waals surface area contributed by atoms with E-state index < -0.39 is 0 Å². The lowest BCUT2D eigenvalue weighted by atomic mass is 10.1. The van der Waals surface area contributed by atoms with Crippen LogP contribution in [0.1, 0.15) is 35.0 Å². The van der Waals surface area contributed by atoms with Gasteiger partial charge in [0, 0.05) is 22.4 Å². The van der Waals surface area contributed by atoms with Crippen molar-refractivity contribution >= 4 is 17.1 Å². The Morgan fingerprint density at radius 2 is 2.40 bits per heavy atom. The quantitative estimate of drug-likeness (QED) is 0.718. The summed E-state index contributed by atoms with van der Waals surface area (Å²) >= 11 is 1.62. The molecule has 0 radical (unpaired) electrons. The van der Waals surface area contributed by atoms with Gasteiger partial charge in [0.2, 0.25) is 0 Å². The number of aryl methyl sites for hydroxylation is 1. The predicted molar refractivity (Wildman–Crippen MR) is 61.5 cm³/mol. The molecule has 0 aromatic carbocycles. The van der Waals surface area contributed by atoms with Gasteiger partial charge in [-0.1, -0.05) is 0 Å². The summed E-state index contributed by atoms with van der Waals surface area (Å²) in [4.78, 5) is 13.3. The molecule has 0 N–H and O–H groups in total. The van der Waals surface area contributed by atoms with Crippen molar-refractivity contribution < 1.29 is 9.53 Å². The molecular weight excluding hydrogens is 208 g/mol. The van der Waals surface area contributed by atoms with E-state index in [1.165, 1.54) is 4.88 Å². The Labute approximate surface area is 94.3 Å². The zero-order valence-corrected chi connectivity index (χ0v) is 9.97. The highest BCUT2D eigenvalue weighted by atomic mass is 32.1. The summed E-state index contributed by atoms with van der Waals surface area (Å²) in [6.07, 6.45) is 2.09. The van der Waals surface area contributed by atoms with Crippen molar-refractivity contribution in [3.8, 4) is 0 Å². The average Bonchev–Trinajstić information content (AvgIpc) is 2.96. The topological polar surface area (TPSA) is 26.3 Å². The van der Waals surface area contributed by atoms with Crippen LogP contribution in [-0.4, -0.2) is 18.5 Å². The lowest BCUT2D eigenvalue weighted by Gasteiger charge is -2.13. The highest BCUT2D eigenvalue weighted by Crippen LogP contribution is 2.36. The van der Waals surface area contributed by atoms with Crippen LogP contribution in [0.3, 0.4) is 0 Å². The molecule has 1 aliphatic carbocycles. The molecule has 2 nitrogen and oxygen atoms in total. The third-order valence-electron chi connectivity index (χ3n) is 2.67. The Morgan fingerprint density at radius 1 is 1.67 bits per heavy atom. The fourth-order valence-electron chi connectivity index (χ4n) is 1.74. The molecular formula is C12H16O2S. The summed E-state index contributed by atoms with van der Waals surface area (Å²) in [7, 11) is 0. The second-order valence-electron chi connectivity index (χ2n) is 4.02. The summed E-state index contributed by atoms with van der Waals surface area (Å²) in [6, 6.07) is 1.96. The van der Waals surface area contributed by atoms with Gasteiger partial charge in [0.05, 0.1) is 0 Å². The summed E-state index contributed by atoms with van der Waals surface area (Å²) in [5.41, 5.74) is 0.822. The van der Waals surface area contributed by atoms with E-state index in [4.69, 9.17) is 4.74 Å². The molecule has 1 aromatic heterocycles. The summed E-state index contributed by atoms with van der Waals surface area (Å²) < 4.78 is 5.55. The van der Waals surface area contributed by atoms with Crippen molar-refractivity contribution in [2.45, 2.75) is 32.8 Å². The molecule has 0 bridgehead atoms. The number of rotatable bonds is 5. The van der Waals surface area contributed by atoms with Crippen molar-refractivity contribution in [2.24, 2.45) is 5.92 Å². The SMILES string of the molecule is CCOC(C(=O)c1csc(C)c1)C1CC1. The molecule has 1 aliphatic rings. The van der Waals surface area contributed by atoms with Crippen LogP contribution in [0.2, 0.25) is 0 Å². The Hall–Kier alpha value is -0.670. The van der Waals surface area contributed by atoms with Crippen LogP contribution in [0.4, 0.5) is 0 Å². The van der Waals surface area contributed by atoms with Crippen LogP contribution < -0.4 is 0 Å². The van der Waals surface area contributed by atoms with Crippen LogP contribution in [0.5, 0.6) is 0 Å². The first-order chi connectivity index (χ1) is 7.22. The van der Waals surface area contributed by atoms with Gasteiger partial charge >= 0.3 is 0 Å². The van der Waals surface area contributed by atoms with E-state index >= 15 is 0 Å². The lowest BCUT2D eigenvalue weighted by molar-refractivity contribution is 0.0375. The summed E-state index contributed by atoms with van der Waals surface area (Å²) in [5, 5.41) is 1.94. The van der Waals surface area contributed by atoms with Crippen molar-refractivity contribution in [3.05, 3.63) is 21.9 Å². The molecule has 1 fully saturated rings. The fourth-order valence-corrected chi connectivity index (χ4v) is 2.43. The minimum Gasteiger partial charge on any atom is -0.370 e. The molecule has 2 rings (SSSR count). The number of ketones is 1. The van der Waals surface area contributed by atoms with Gasteiger partial charge < -0.3 is 4.74 Å². The number of carbonyl (C=O) groups is 1. The Morgan fingerprint density at radius 3 is 2.87 bits per heavy atom. The Kier molecular flexibility index (Phi) is 3.22. The molecule has 1 aromatic rings. The van der Waals surface area contributed by atoms with Gasteiger partial charge in [-0.2, -0.15) is 0 Å². The maximum Gasteiger partial charge on any atom is 0.192 e. The molecule has 82 valence electrons. The highest BCUT2D eigenvalue weighted by Gasteiger charge is 2.37. The molecule has 0 aliphatic heterocycles. The molecule has 0 amide bonds.